The van der Waals surface area contributed by atoms with Gasteiger partial charge in [0, 0.05) is 18.0 Å². The minimum Gasteiger partial charge on any atom is -0.444 e. The fraction of sp³-hybridized carbons (Fsp3) is 0.929. The molecule has 2 amide bonds. The van der Waals surface area contributed by atoms with Gasteiger partial charge in [0.15, 0.2) is 0 Å². The summed E-state index contributed by atoms with van der Waals surface area (Å²) in [5.74, 6) is 0.553. The van der Waals surface area contributed by atoms with E-state index in [1.165, 1.54) is 32.1 Å². The van der Waals surface area contributed by atoms with Gasteiger partial charge in [-0.15, -0.1) is 0 Å². The second-order valence-corrected chi connectivity index (χ2v) is 13.4. The Morgan fingerprint density at radius 1 is 1.11 bits per heavy atom. The second-order valence-electron chi connectivity index (χ2n) is 13.4. The molecule has 35 heavy (non-hydrogen) atoms. The van der Waals surface area contributed by atoms with E-state index in [0.29, 0.717) is 25.3 Å². The maximum Gasteiger partial charge on any atom is 0.412 e. The third kappa shape index (κ3) is 9.23. The Hall–Kier alpha value is -1.34. The highest BCUT2D eigenvalue weighted by Gasteiger charge is 2.52. The minimum atomic E-state index is -0.798. The molecule has 2 rings (SSSR count). The maximum atomic E-state index is 13.4. The van der Waals surface area contributed by atoms with Gasteiger partial charge < -0.3 is 20.5 Å². The van der Waals surface area contributed by atoms with E-state index >= 15 is 0 Å². The highest BCUT2D eigenvalue weighted by molar-refractivity contribution is 5.79. The molecule has 2 fully saturated rings. The Balaban J connectivity index is 2.24. The van der Waals surface area contributed by atoms with Crippen molar-refractivity contribution in [2.24, 2.45) is 23.5 Å². The number of carbonyl (C=O) groups is 2. The fourth-order valence-corrected chi connectivity index (χ4v) is 5.54. The van der Waals surface area contributed by atoms with Gasteiger partial charge in [0.1, 0.15) is 11.3 Å². The Morgan fingerprint density at radius 2 is 1.71 bits per heavy atom. The van der Waals surface area contributed by atoms with Crippen molar-refractivity contribution in [2.75, 3.05) is 6.54 Å². The van der Waals surface area contributed by atoms with E-state index in [2.05, 4.69) is 19.2 Å². The van der Waals surface area contributed by atoms with Gasteiger partial charge in [0.25, 0.3) is 0 Å². The van der Waals surface area contributed by atoms with Crippen molar-refractivity contribution in [2.45, 2.75) is 143 Å². The highest BCUT2D eigenvalue weighted by Crippen LogP contribution is 2.41. The van der Waals surface area contributed by atoms with E-state index in [-0.39, 0.29) is 41.5 Å². The molecule has 1 unspecified atom stereocenters. The summed E-state index contributed by atoms with van der Waals surface area (Å²) >= 11 is 0. The lowest BCUT2D eigenvalue weighted by molar-refractivity contribution is -0.129. The summed E-state index contributed by atoms with van der Waals surface area (Å²) in [5, 5.41) is 3.10. The first-order valence-electron chi connectivity index (χ1n) is 13.8. The van der Waals surface area contributed by atoms with Crippen molar-refractivity contribution in [3.8, 4) is 0 Å². The molecule has 1 saturated carbocycles. The summed E-state index contributed by atoms with van der Waals surface area (Å²) in [6, 6.07) is -0.111. The van der Waals surface area contributed by atoms with E-state index in [0.717, 1.165) is 6.42 Å². The molecule has 2 aliphatic rings. The molecular formula is C28H53N3O4. The van der Waals surface area contributed by atoms with Crippen LogP contribution in [0.4, 0.5) is 4.79 Å². The molecule has 1 aliphatic carbocycles. The minimum absolute atomic E-state index is 0.0396. The Labute approximate surface area is 214 Å². The quantitative estimate of drug-likeness (QED) is 0.434. The third-order valence-electron chi connectivity index (χ3n) is 7.37. The zero-order chi connectivity index (χ0) is 26.6. The van der Waals surface area contributed by atoms with Crippen LogP contribution in [0.15, 0.2) is 0 Å². The lowest BCUT2D eigenvalue weighted by atomic mass is 9.81. The van der Waals surface area contributed by atoms with Gasteiger partial charge in [-0.2, -0.15) is 0 Å². The summed E-state index contributed by atoms with van der Waals surface area (Å²) in [4.78, 5) is 28.4. The lowest BCUT2D eigenvalue weighted by Crippen LogP contribution is -2.51. The van der Waals surface area contributed by atoms with E-state index in [4.69, 9.17) is 15.2 Å². The predicted molar refractivity (Wildman–Crippen MR) is 141 cm³/mol. The molecule has 0 aromatic rings. The van der Waals surface area contributed by atoms with Gasteiger partial charge in [-0.3, -0.25) is 9.69 Å². The number of nitrogens with zero attached hydrogens (tertiary/aromatic N) is 1. The molecule has 1 saturated heterocycles. The smallest absolute Gasteiger partial charge is 0.412 e. The summed E-state index contributed by atoms with van der Waals surface area (Å²) in [5.41, 5.74) is 4.39. The van der Waals surface area contributed by atoms with Gasteiger partial charge in [0.2, 0.25) is 5.91 Å². The molecule has 7 nitrogen and oxygen atoms in total. The van der Waals surface area contributed by atoms with Crippen molar-refractivity contribution < 1.29 is 19.1 Å². The zero-order valence-electron chi connectivity index (χ0n) is 23.9. The van der Waals surface area contributed by atoms with Gasteiger partial charge in [-0.05, 0) is 79.6 Å². The number of ether oxygens (including phenoxy) is 2. The van der Waals surface area contributed by atoms with Gasteiger partial charge in [-0.25, -0.2) is 4.79 Å². The molecular weight excluding hydrogens is 442 g/mol. The van der Waals surface area contributed by atoms with Crippen molar-refractivity contribution in [3.63, 3.8) is 0 Å². The average Bonchev–Trinajstić information content (AvgIpc) is 2.93. The maximum absolute atomic E-state index is 13.4. The van der Waals surface area contributed by atoms with Crippen LogP contribution in [0, 0.1) is 17.8 Å². The normalized spacial score (nSPS) is 24.5. The van der Waals surface area contributed by atoms with Crippen LogP contribution in [0.5, 0.6) is 0 Å². The Morgan fingerprint density at radius 3 is 2.23 bits per heavy atom. The summed E-state index contributed by atoms with van der Waals surface area (Å²) in [6.45, 7) is 18.2. The lowest BCUT2D eigenvalue weighted by Gasteiger charge is -2.37. The van der Waals surface area contributed by atoms with E-state index in [1.54, 1.807) is 0 Å². The largest absolute Gasteiger partial charge is 0.444 e. The highest BCUT2D eigenvalue weighted by atomic mass is 16.6. The number of nitrogens with two attached hydrogens (primary N) is 1. The zero-order valence-corrected chi connectivity index (χ0v) is 23.9. The molecule has 3 N–H and O–H groups in total. The van der Waals surface area contributed by atoms with E-state index < -0.39 is 11.3 Å². The number of amides is 2. The Kier molecular flexibility index (Phi) is 10.1. The number of hydrogen-bond donors (Lipinski definition) is 2. The number of nitrogens with one attached hydrogen (secondary N) is 1. The van der Waals surface area contributed by atoms with Crippen molar-refractivity contribution in [1.29, 1.82) is 0 Å². The fourth-order valence-electron chi connectivity index (χ4n) is 5.54. The molecule has 3 atom stereocenters. The van der Waals surface area contributed by atoms with Gasteiger partial charge >= 0.3 is 6.09 Å². The summed E-state index contributed by atoms with van der Waals surface area (Å²) in [6.07, 6.45) is 7.79. The SMILES string of the molecule is CC(C)[C@H](CC1OC(C)(C)N(C(=O)OC(C)(C)C)[C@H]1CC1CCCCC1)C(=O)NCCC(C)(C)N. The molecule has 0 aromatic carbocycles. The standard InChI is InChI=1S/C28H53N3O4/c1-19(2)21(24(32)30-16-15-27(6,7)29)18-23-22(17-20-13-11-10-12-14-20)31(28(8,9)34-23)25(33)35-26(3,4)5/h19-23H,10-18,29H2,1-9H3,(H,30,32)/t21-,22-,23?/m0/s1. The predicted octanol–water partition coefficient (Wildman–Crippen LogP) is 5.60. The number of carbonyl (C=O) groups excluding carboxylic acids is 2. The van der Waals surface area contributed by atoms with Gasteiger partial charge in [0.05, 0.1) is 12.1 Å². The molecule has 0 spiro atoms. The molecule has 1 heterocycles. The van der Waals surface area contributed by atoms with Crippen LogP contribution in [0.3, 0.4) is 0 Å². The van der Waals surface area contributed by atoms with E-state index in [9.17, 15) is 9.59 Å². The van der Waals surface area contributed by atoms with Crippen LogP contribution in [0.2, 0.25) is 0 Å². The first-order valence-corrected chi connectivity index (χ1v) is 13.8. The topological polar surface area (TPSA) is 93.9 Å². The van der Waals surface area contributed by atoms with Crippen LogP contribution in [-0.4, -0.2) is 52.5 Å². The van der Waals surface area contributed by atoms with Crippen LogP contribution in [0.25, 0.3) is 0 Å². The molecule has 7 heteroatoms. The van der Waals surface area contributed by atoms with Crippen molar-refractivity contribution >= 4 is 12.0 Å². The average molecular weight is 496 g/mol. The number of hydrogen-bond acceptors (Lipinski definition) is 5. The van der Waals surface area contributed by atoms with Gasteiger partial charge in [-0.1, -0.05) is 46.0 Å². The molecule has 1 aliphatic heterocycles. The Bertz CT molecular complexity index is 702. The second kappa shape index (κ2) is 11.8. The van der Waals surface area contributed by atoms with Crippen molar-refractivity contribution in [1.82, 2.24) is 10.2 Å². The first kappa shape index (κ1) is 29.9. The third-order valence-corrected chi connectivity index (χ3v) is 7.37. The molecule has 0 aromatic heterocycles. The molecule has 0 bridgehead atoms. The van der Waals surface area contributed by atoms with E-state index in [1.807, 2.05) is 53.4 Å². The van der Waals surface area contributed by atoms with Crippen LogP contribution < -0.4 is 11.1 Å². The summed E-state index contributed by atoms with van der Waals surface area (Å²) in [7, 11) is 0. The van der Waals surface area contributed by atoms with Crippen LogP contribution in [-0.2, 0) is 14.3 Å². The van der Waals surface area contributed by atoms with Crippen molar-refractivity contribution in [3.05, 3.63) is 0 Å². The summed E-state index contributed by atoms with van der Waals surface area (Å²) < 4.78 is 12.4. The number of rotatable bonds is 9. The molecule has 204 valence electrons. The molecule has 0 radical (unpaired) electrons. The van der Waals surface area contributed by atoms with Crippen LogP contribution >= 0.6 is 0 Å². The monoisotopic (exact) mass is 495 g/mol. The first-order chi connectivity index (χ1) is 16.0. The van der Waals surface area contributed by atoms with Crippen LogP contribution in [0.1, 0.15) is 114 Å².